The fraction of sp³-hybridized carbons (Fsp3) is 1.00. The van der Waals surface area contributed by atoms with Crippen LogP contribution in [0.3, 0.4) is 0 Å². The van der Waals surface area contributed by atoms with E-state index in [9.17, 15) is 0 Å². The Balaban J connectivity index is 2.02. The number of rotatable bonds is 5. The summed E-state index contributed by atoms with van der Waals surface area (Å²) in [6.07, 6.45) is 9.87. The standard InChI is InChI=1S/C12H25NO/c1-2-14-11-10-13-12-8-6-4-3-5-7-9-12/h12-13H,2-11H2,1H3. The maximum Gasteiger partial charge on any atom is 0.0590 e. The van der Waals surface area contributed by atoms with Crippen LogP contribution in [0.15, 0.2) is 0 Å². The van der Waals surface area contributed by atoms with Gasteiger partial charge >= 0.3 is 0 Å². The van der Waals surface area contributed by atoms with Crippen molar-refractivity contribution in [2.75, 3.05) is 19.8 Å². The molecule has 1 N–H and O–H groups in total. The van der Waals surface area contributed by atoms with Crippen LogP contribution in [0.5, 0.6) is 0 Å². The molecule has 0 aliphatic heterocycles. The molecule has 0 heterocycles. The highest BCUT2D eigenvalue weighted by Crippen LogP contribution is 2.16. The van der Waals surface area contributed by atoms with Crippen molar-refractivity contribution in [2.45, 2.75) is 57.9 Å². The van der Waals surface area contributed by atoms with Crippen molar-refractivity contribution < 1.29 is 4.74 Å². The van der Waals surface area contributed by atoms with E-state index >= 15 is 0 Å². The summed E-state index contributed by atoms with van der Waals surface area (Å²) in [6, 6.07) is 0.760. The summed E-state index contributed by atoms with van der Waals surface area (Å²) in [5, 5.41) is 3.60. The summed E-state index contributed by atoms with van der Waals surface area (Å²) in [5.41, 5.74) is 0. The normalized spacial score (nSPS) is 20.4. The minimum Gasteiger partial charge on any atom is -0.380 e. The summed E-state index contributed by atoms with van der Waals surface area (Å²) in [5.74, 6) is 0. The van der Waals surface area contributed by atoms with Gasteiger partial charge in [0.2, 0.25) is 0 Å². The minimum absolute atomic E-state index is 0.760. The molecule has 0 saturated heterocycles. The van der Waals surface area contributed by atoms with Crippen LogP contribution in [0.25, 0.3) is 0 Å². The van der Waals surface area contributed by atoms with E-state index in [2.05, 4.69) is 12.2 Å². The van der Waals surface area contributed by atoms with E-state index in [0.29, 0.717) is 0 Å². The zero-order chi connectivity index (χ0) is 10.1. The van der Waals surface area contributed by atoms with Crippen molar-refractivity contribution in [1.29, 1.82) is 0 Å². The summed E-state index contributed by atoms with van der Waals surface area (Å²) < 4.78 is 5.32. The van der Waals surface area contributed by atoms with E-state index in [-0.39, 0.29) is 0 Å². The SMILES string of the molecule is CCOCCNC1CCCCCCC1. The van der Waals surface area contributed by atoms with Crippen LogP contribution in [-0.2, 0) is 4.74 Å². The zero-order valence-electron chi connectivity index (χ0n) is 9.56. The molecular weight excluding hydrogens is 174 g/mol. The van der Waals surface area contributed by atoms with Crippen LogP contribution in [0.1, 0.15) is 51.9 Å². The summed E-state index contributed by atoms with van der Waals surface area (Å²) in [7, 11) is 0. The number of hydrogen-bond donors (Lipinski definition) is 1. The Kier molecular flexibility index (Phi) is 7.06. The molecule has 1 fully saturated rings. The van der Waals surface area contributed by atoms with Crippen LogP contribution in [0, 0.1) is 0 Å². The quantitative estimate of drug-likeness (QED) is 0.687. The lowest BCUT2D eigenvalue weighted by molar-refractivity contribution is 0.145. The van der Waals surface area contributed by atoms with Gasteiger partial charge in [-0.05, 0) is 19.8 Å². The van der Waals surface area contributed by atoms with Gasteiger partial charge in [-0.3, -0.25) is 0 Å². The second kappa shape index (κ2) is 8.25. The van der Waals surface area contributed by atoms with Crippen molar-refractivity contribution in [2.24, 2.45) is 0 Å². The Morgan fingerprint density at radius 3 is 2.36 bits per heavy atom. The summed E-state index contributed by atoms with van der Waals surface area (Å²) >= 11 is 0. The highest BCUT2D eigenvalue weighted by Gasteiger charge is 2.09. The van der Waals surface area contributed by atoms with E-state index < -0.39 is 0 Å². The molecule has 1 aliphatic carbocycles. The highest BCUT2D eigenvalue weighted by molar-refractivity contribution is 4.69. The van der Waals surface area contributed by atoms with Crippen molar-refractivity contribution >= 4 is 0 Å². The van der Waals surface area contributed by atoms with Gasteiger partial charge in [-0.2, -0.15) is 0 Å². The molecule has 84 valence electrons. The molecule has 0 aromatic heterocycles. The summed E-state index contributed by atoms with van der Waals surface area (Å²) in [4.78, 5) is 0. The van der Waals surface area contributed by atoms with Crippen LogP contribution >= 0.6 is 0 Å². The first-order valence-corrected chi connectivity index (χ1v) is 6.24. The number of hydrogen-bond acceptors (Lipinski definition) is 2. The predicted octanol–water partition coefficient (Wildman–Crippen LogP) is 2.73. The van der Waals surface area contributed by atoms with E-state index in [1.807, 2.05) is 0 Å². The van der Waals surface area contributed by atoms with Crippen LogP contribution in [-0.4, -0.2) is 25.8 Å². The highest BCUT2D eigenvalue weighted by atomic mass is 16.5. The van der Waals surface area contributed by atoms with Gasteiger partial charge in [0, 0.05) is 19.2 Å². The lowest BCUT2D eigenvalue weighted by atomic mass is 9.97. The Bertz CT molecular complexity index is 119. The average Bonchev–Trinajstić information content (AvgIpc) is 2.15. The van der Waals surface area contributed by atoms with Gasteiger partial charge in [-0.1, -0.05) is 32.1 Å². The molecule has 0 amide bonds. The van der Waals surface area contributed by atoms with Gasteiger partial charge < -0.3 is 10.1 Å². The minimum atomic E-state index is 0.760. The Hall–Kier alpha value is -0.0800. The van der Waals surface area contributed by atoms with Crippen LogP contribution in [0.2, 0.25) is 0 Å². The third kappa shape index (κ3) is 5.61. The fourth-order valence-corrected chi connectivity index (χ4v) is 2.14. The van der Waals surface area contributed by atoms with Crippen molar-refractivity contribution in [3.05, 3.63) is 0 Å². The second-order valence-electron chi connectivity index (χ2n) is 4.19. The first-order valence-electron chi connectivity index (χ1n) is 6.24. The van der Waals surface area contributed by atoms with Crippen molar-refractivity contribution in [1.82, 2.24) is 5.32 Å². The van der Waals surface area contributed by atoms with E-state index in [1.165, 1.54) is 44.9 Å². The van der Waals surface area contributed by atoms with E-state index in [1.54, 1.807) is 0 Å². The first kappa shape index (κ1) is 12.0. The molecule has 0 aromatic carbocycles. The maximum atomic E-state index is 5.32. The molecule has 0 bridgehead atoms. The number of ether oxygens (including phenoxy) is 1. The molecule has 0 radical (unpaired) electrons. The molecule has 1 rings (SSSR count). The molecule has 2 heteroatoms. The smallest absolute Gasteiger partial charge is 0.0590 e. The third-order valence-electron chi connectivity index (χ3n) is 2.99. The van der Waals surface area contributed by atoms with Gasteiger partial charge in [0.05, 0.1) is 6.61 Å². The topological polar surface area (TPSA) is 21.3 Å². The number of nitrogens with one attached hydrogen (secondary N) is 1. The van der Waals surface area contributed by atoms with Gasteiger partial charge in [-0.25, -0.2) is 0 Å². The molecule has 1 aliphatic rings. The van der Waals surface area contributed by atoms with Gasteiger partial charge in [0.25, 0.3) is 0 Å². The van der Waals surface area contributed by atoms with Crippen LogP contribution < -0.4 is 5.32 Å². The molecule has 2 nitrogen and oxygen atoms in total. The lowest BCUT2D eigenvalue weighted by Crippen LogP contribution is -2.32. The van der Waals surface area contributed by atoms with Gasteiger partial charge in [0.15, 0.2) is 0 Å². The van der Waals surface area contributed by atoms with Gasteiger partial charge in [0.1, 0.15) is 0 Å². The third-order valence-corrected chi connectivity index (χ3v) is 2.99. The molecule has 0 atom stereocenters. The molecule has 0 unspecified atom stereocenters. The molecule has 0 spiro atoms. The van der Waals surface area contributed by atoms with E-state index in [0.717, 1.165) is 25.8 Å². The maximum absolute atomic E-state index is 5.32. The van der Waals surface area contributed by atoms with Crippen LogP contribution in [0.4, 0.5) is 0 Å². The average molecular weight is 199 g/mol. The van der Waals surface area contributed by atoms with Crippen molar-refractivity contribution in [3.8, 4) is 0 Å². The first-order chi connectivity index (χ1) is 6.93. The molecule has 1 saturated carbocycles. The molecule has 14 heavy (non-hydrogen) atoms. The molecule has 0 aromatic rings. The Labute approximate surface area is 88.4 Å². The Morgan fingerprint density at radius 1 is 1.07 bits per heavy atom. The largest absolute Gasteiger partial charge is 0.380 e. The fourth-order valence-electron chi connectivity index (χ4n) is 2.14. The van der Waals surface area contributed by atoms with Crippen molar-refractivity contribution in [3.63, 3.8) is 0 Å². The van der Waals surface area contributed by atoms with Gasteiger partial charge in [-0.15, -0.1) is 0 Å². The second-order valence-corrected chi connectivity index (χ2v) is 4.19. The zero-order valence-corrected chi connectivity index (χ0v) is 9.56. The molecular formula is C12H25NO. The summed E-state index contributed by atoms with van der Waals surface area (Å²) in [6.45, 7) is 4.79. The van der Waals surface area contributed by atoms with E-state index in [4.69, 9.17) is 4.74 Å². The Morgan fingerprint density at radius 2 is 1.71 bits per heavy atom. The predicted molar refractivity (Wildman–Crippen MR) is 60.6 cm³/mol. The monoisotopic (exact) mass is 199 g/mol. The lowest BCUT2D eigenvalue weighted by Gasteiger charge is -2.20.